The first-order valence-corrected chi connectivity index (χ1v) is 29.8. The minimum absolute atomic E-state index is 0.0471. The Balaban J connectivity index is 1.06. The summed E-state index contributed by atoms with van der Waals surface area (Å²) in [6.07, 6.45) is 1.00. The van der Waals surface area contributed by atoms with Gasteiger partial charge < -0.3 is 9.64 Å². The molecule has 0 aliphatic carbocycles. The van der Waals surface area contributed by atoms with Crippen molar-refractivity contribution in [2.45, 2.75) is 65.8 Å². The molecule has 2 heterocycles. The number of ether oxygens (including phenoxy) is 1. The molecular weight excluding hydrogens is 1030 g/mol. The van der Waals surface area contributed by atoms with E-state index in [4.69, 9.17) is 29.9 Å². The average molecular weight is 1090 g/mol. The molecule has 0 radical (unpaired) electrons. The summed E-state index contributed by atoms with van der Waals surface area (Å²) in [7, 11) is -14.6. The summed E-state index contributed by atoms with van der Waals surface area (Å²) in [5, 5.41) is 0.586. The van der Waals surface area contributed by atoms with Crippen molar-refractivity contribution in [2.75, 3.05) is 75.6 Å². The third-order valence-corrected chi connectivity index (χ3v) is 19.1. The fourth-order valence-electron chi connectivity index (χ4n) is 8.99. The molecule has 388 valence electrons. The van der Waals surface area contributed by atoms with Crippen LogP contribution in [0.1, 0.15) is 60.7 Å². The molecule has 0 saturated carbocycles. The minimum atomic E-state index is -6.01. The molecule has 0 bridgehead atoms. The molecule has 0 unspecified atom stereocenters. The number of benzene rings is 5. The van der Waals surface area contributed by atoms with E-state index in [-0.39, 0.29) is 42.6 Å². The molecule has 5 aromatic rings. The van der Waals surface area contributed by atoms with Crippen LogP contribution in [0.5, 0.6) is 0 Å². The summed E-state index contributed by atoms with van der Waals surface area (Å²) in [5.74, 6) is -1.87. The highest BCUT2D eigenvalue weighted by Crippen LogP contribution is 2.56. The van der Waals surface area contributed by atoms with Crippen LogP contribution in [0.15, 0.2) is 136 Å². The Morgan fingerprint density at radius 3 is 2.11 bits per heavy atom. The van der Waals surface area contributed by atoms with Crippen molar-refractivity contribution in [1.29, 1.82) is 0 Å². The summed E-state index contributed by atoms with van der Waals surface area (Å²) in [6, 6.07) is 33.7. The maximum Gasteiger partial charge on any atom is 0.501 e. The van der Waals surface area contributed by atoms with E-state index in [2.05, 4.69) is 9.80 Å². The maximum atomic E-state index is 14.3. The smallest absolute Gasteiger partial charge is 0.379 e. The van der Waals surface area contributed by atoms with Crippen molar-refractivity contribution in [3.63, 3.8) is 0 Å². The summed E-state index contributed by atoms with van der Waals surface area (Å²) in [4.78, 5) is 17.0. The number of ketones is 1. The van der Waals surface area contributed by atoms with Crippen molar-refractivity contribution >= 4 is 62.3 Å². The second-order valence-corrected chi connectivity index (χ2v) is 24.7. The van der Waals surface area contributed by atoms with Gasteiger partial charge in [-0.15, -0.1) is 11.8 Å². The van der Waals surface area contributed by atoms with Crippen LogP contribution in [0.25, 0.3) is 11.1 Å². The first kappa shape index (κ1) is 55.7. The van der Waals surface area contributed by atoms with Gasteiger partial charge >= 0.3 is 13.3 Å². The highest BCUT2D eigenvalue weighted by molar-refractivity contribution is 7.99. The van der Waals surface area contributed by atoms with Crippen molar-refractivity contribution in [3.8, 4) is 11.1 Å². The van der Waals surface area contributed by atoms with Gasteiger partial charge in [-0.25, -0.2) is 21.4 Å². The quantitative estimate of drug-likeness (QED) is 0.0348. The fourth-order valence-corrected chi connectivity index (χ4v) is 13.9. The molecule has 5 aromatic carbocycles. The molecule has 0 spiro atoms. The van der Waals surface area contributed by atoms with Gasteiger partial charge in [0.05, 0.1) is 42.3 Å². The summed E-state index contributed by atoms with van der Waals surface area (Å²) in [6.45, 7) is 7.85. The molecular formula is C52H59ClF3N2O10PS3. The van der Waals surface area contributed by atoms with E-state index in [0.717, 1.165) is 39.4 Å². The summed E-state index contributed by atoms with van der Waals surface area (Å²) >= 11 is 7.72. The van der Waals surface area contributed by atoms with Crippen molar-refractivity contribution in [2.24, 2.45) is 11.8 Å². The molecule has 0 N–H and O–H groups in total. The summed E-state index contributed by atoms with van der Waals surface area (Å²) < 4.78 is 134. The number of hydrogen-bond donors (Lipinski definition) is 0. The number of Topliss-reactive ketones (excluding diaryl/α,β-unsaturated/α-hetero) is 1. The van der Waals surface area contributed by atoms with Gasteiger partial charge in [-0.3, -0.25) is 23.3 Å². The number of piperidine rings is 1. The van der Waals surface area contributed by atoms with Crippen molar-refractivity contribution in [3.05, 3.63) is 143 Å². The van der Waals surface area contributed by atoms with Gasteiger partial charge in [0.2, 0.25) is 0 Å². The molecule has 0 aromatic heterocycles. The van der Waals surface area contributed by atoms with Gasteiger partial charge in [-0.05, 0) is 141 Å². The number of phosphoric ester groups is 1. The zero-order chi connectivity index (χ0) is 51.5. The molecule has 2 saturated heterocycles. The van der Waals surface area contributed by atoms with Crippen LogP contribution in [0.4, 0.5) is 18.9 Å². The maximum absolute atomic E-state index is 14.3. The molecule has 0 amide bonds. The SMILES string of the molecule is CCOP(=O)(OCC)O[C@@H](c1ccccc1-c1ccc(Cl)cc1)C1CCN(c2ccc(C(=O)CS(=O)(=O)c3ccc(C[C@H](CCN4CCOCC4)CSc4ccccc4)c(S(=O)(=O)C(F)(F)F)c3)cc2)CC1. The first-order valence-electron chi connectivity index (χ1n) is 23.8. The van der Waals surface area contributed by atoms with E-state index < -0.39 is 60.4 Å². The van der Waals surface area contributed by atoms with Crippen LogP contribution in [-0.4, -0.2) is 104 Å². The van der Waals surface area contributed by atoms with Crippen LogP contribution >= 0.6 is 31.2 Å². The number of sulfone groups is 2. The van der Waals surface area contributed by atoms with E-state index in [9.17, 15) is 39.4 Å². The number of phosphoric acid groups is 1. The number of morpholine rings is 1. The zero-order valence-corrected chi connectivity index (χ0v) is 44.1. The number of carbonyl (C=O) groups is 1. The van der Waals surface area contributed by atoms with Gasteiger partial charge in [0.1, 0.15) is 5.75 Å². The van der Waals surface area contributed by atoms with E-state index in [1.54, 1.807) is 38.1 Å². The number of carbonyl (C=O) groups excluding carboxylic acids is 1. The number of alkyl halides is 3. The second-order valence-electron chi connectivity index (χ2n) is 17.6. The highest BCUT2D eigenvalue weighted by Gasteiger charge is 2.48. The second kappa shape index (κ2) is 25.0. The largest absolute Gasteiger partial charge is 0.501 e. The van der Waals surface area contributed by atoms with Gasteiger partial charge in [-0.2, -0.15) is 13.2 Å². The number of nitrogens with zero attached hydrogens (tertiary/aromatic N) is 2. The lowest BCUT2D eigenvalue weighted by molar-refractivity contribution is -0.0436. The molecule has 2 atom stereocenters. The van der Waals surface area contributed by atoms with E-state index in [1.165, 1.54) is 23.9 Å². The van der Waals surface area contributed by atoms with Gasteiger partial charge in [0.15, 0.2) is 15.6 Å². The van der Waals surface area contributed by atoms with Crippen LogP contribution in [0.2, 0.25) is 5.02 Å². The predicted octanol–water partition coefficient (Wildman–Crippen LogP) is 11.8. The summed E-state index contributed by atoms with van der Waals surface area (Å²) in [5.41, 5.74) is -2.49. The average Bonchev–Trinajstić information content (AvgIpc) is 3.37. The Hall–Kier alpha value is -4.07. The topological polar surface area (TPSA) is 146 Å². The number of thioether (sulfide) groups is 1. The lowest BCUT2D eigenvalue weighted by atomic mass is 9.84. The van der Waals surface area contributed by atoms with E-state index in [0.29, 0.717) is 82.0 Å². The Bertz CT molecular complexity index is 2860. The third kappa shape index (κ3) is 14.4. The van der Waals surface area contributed by atoms with E-state index >= 15 is 0 Å². The molecule has 2 aliphatic rings. The normalized spacial score (nSPS) is 16.4. The molecule has 72 heavy (non-hydrogen) atoms. The van der Waals surface area contributed by atoms with Gasteiger partial charge in [0.25, 0.3) is 9.84 Å². The number of halogens is 4. The Morgan fingerprint density at radius 2 is 1.47 bits per heavy atom. The van der Waals surface area contributed by atoms with Crippen LogP contribution < -0.4 is 4.90 Å². The monoisotopic (exact) mass is 1090 g/mol. The molecule has 7 rings (SSSR count). The molecule has 12 nitrogen and oxygen atoms in total. The third-order valence-electron chi connectivity index (χ3n) is 12.8. The van der Waals surface area contributed by atoms with E-state index in [1.807, 2.05) is 66.7 Å². The lowest BCUT2D eigenvalue weighted by Gasteiger charge is -2.38. The Kier molecular flexibility index (Phi) is 19.3. The van der Waals surface area contributed by atoms with Crippen molar-refractivity contribution < 1.29 is 57.7 Å². The molecule has 2 aliphatic heterocycles. The fraction of sp³-hybridized carbons (Fsp3) is 0.404. The van der Waals surface area contributed by atoms with Crippen molar-refractivity contribution in [1.82, 2.24) is 4.90 Å². The number of hydrogen-bond acceptors (Lipinski definition) is 13. The van der Waals surface area contributed by atoms with Gasteiger partial charge in [-0.1, -0.05) is 72.3 Å². The van der Waals surface area contributed by atoms with Crippen LogP contribution in [0, 0.1) is 11.8 Å². The first-order chi connectivity index (χ1) is 34.4. The minimum Gasteiger partial charge on any atom is -0.379 e. The number of anilines is 1. The van der Waals surface area contributed by atoms with Crippen LogP contribution in [-0.2, 0) is 49.0 Å². The number of rotatable bonds is 23. The Morgan fingerprint density at radius 1 is 0.833 bits per heavy atom. The zero-order valence-electron chi connectivity index (χ0n) is 40.0. The molecule has 2 fully saturated rings. The highest BCUT2D eigenvalue weighted by atomic mass is 35.5. The Labute approximate surface area is 430 Å². The predicted molar refractivity (Wildman–Crippen MR) is 275 cm³/mol. The molecule has 20 heteroatoms. The lowest BCUT2D eigenvalue weighted by Crippen LogP contribution is -2.37. The van der Waals surface area contributed by atoms with Crippen LogP contribution in [0.3, 0.4) is 0 Å². The van der Waals surface area contributed by atoms with Gasteiger partial charge in [0, 0.05) is 53.1 Å². The standard InChI is InChI=1S/C52H59ClF3N2O10PS3/c1-3-66-69(60,67-4-2)68-51(48-13-9-8-12-47(48)39-14-19-43(53)20-15-39)41-25-28-58(29-26-41)44-21-16-40(17-22-44)49(59)37-71(61,62)46-23-18-42(50(35-46)72(63,64)52(54,55)56)34-38(24-27-57-30-32-65-33-31-57)36-70-45-10-6-5-7-11-45/h5-23,35,38,41,51H,3-4,24-34,36-37H2,1-2H3/t38-,51+/m0/s1.